The normalized spacial score (nSPS) is 10.9. The zero-order valence-electron chi connectivity index (χ0n) is 16.2. The lowest BCUT2D eigenvalue weighted by Crippen LogP contribution is -1.99. The fourth-order valence-corrected chi connectivity index (χ4v) is 3.99. The number of hydrogen-bond acceptors (Lipinski definition) is 6. The largest absolute Gasteiger partial charge is 0.497 e. The van der Waals surface area contributed by atoms with Crippen LogP contribution in [0.1, 0.15) is 11.3 Å². The van der Waals surface area contributed by atoms with Gasteiger partial charge in [-0.2, -0.15) is 0 Å². The zero-order valence-corrected chi connectivity index (χ0v) is 17.8. The molecule has 148 valence electrons. The van der Waals surface area contributed by atoms with E-state index < -0.39 is 0 Å². The third-order valence-electron chi connectivity index (χ3n) is 4.46. The molecule has 0 unspecified atom stereocenters. The van der Waals surface area contributed by atoms with Gasteiger partial charge in [-0.15, -0.1) is 11.3 Å². The quantitative estimate of drug-likeness (QED) is 0.383. The predicted molar refractivity (Wildman–Crippen MR) is 116 cm³/mol. The molecule has 0 amide bonds. The summed E-state index contributed by atoms with van der Waals surface area (Å²) < 4.78 is 16.7. The molecule has 4 rings (SSSR count). The Hall–Kier alpha value is -2.83. The number of pyridine rings is 1. The summed E-state index contributed by atoms with van der Waals surface area (Å²) in [5, 5.41) is 4.08. The maximum atomic E-state index is 6.55. The molecule has 4 aromatic rings. The van der Waals surface area contributed by atoms with E-state index >= 15 is 0 Å². The van der Waals surface area contributed by atoms with Crippen LogP contribution in [0.2, 0.25) is 5.02 Å². The van der Waals surface area contributed by atoms with Crippen LogP contribution in [0.5, 0.6) is 17.2 Å². The first kappa shape index (κ1) is 19.5. The van der Waals surface area contributed by atoms with Crippen molar-refractivity contribution < 1.29 is 14.2 Å². The number of thiazole rings is 1. The Morgan fingerprint density at radius 2 is 1.76 bits per heavy atom. The molecule has 0 saturated carbocycles. The summed E-state index contributed by atoms with van der Waals surface area (Å²) in [6, 6.07) is 13.4. The van der Waals surface area contributed by atoms with Gasteiger partial charge in [-0.3, -0.25) is 0 Å². The molecule has 7 heteroatoms. The summed E-state index contributed by atoms with van der Waals surface area (Å²) in [4.78, 5) is 9.30. The van der Waals surface area contributed by atoms with Crippen molar-refractivity contribution in [2.45, 2.75) is 13.5 Å². The maximum absolute atomic E-state index is 6.55. The van der Waals surface area contributed by atoms with E-state index in [1.165, 1.54) is 11.3 Å². The molecule has 0 radical (unpaired) electrons. The first-order valence-electron chi connectivity index (χ1n) is 8.94. The summed E-state index contributed by atoms with van der Waals surface area (Å²) in [7, 11) is 3.23. The average molecular weight is 427 g/mol. The van der Waals surface area contributed by atoms with Gasteiger partial charge in [0.2, 0.25) is 0 Å². The van der Waals surface area contributed by atoms with Gasteiger partial charge in [-0.1, -0.05) is 23.7 Å². The van der Waals surface area contributed by atoms with Crippen LogP contribution < -0.4 is 14.2 Å². The van der Waals surface area contributed by atoms with E-state index in [-0.39, 0.29) is 0 Å². The molecule has 0 aliphatic rings. The zero-order chi connectivity index (χ0) is 20.4. The minimum absolute atomic E-state index is 0.406. The van der Waals surface area contributed by atoms with Crippen LogP contribution in [0.25, 0.3) is 21.6 Å². The standard InChI is InChI=1S/C22H19ClN2O3S/c1-13-12-29-22(24-13)17-10-19(28-11-14-4-6-15(26-2)7-5-14)16-8-9-18(27-3)20(23)21(16)25-17/h4-10,12H,11H2,1-3H3. The van der Waals surface area contributed by atoms with Crippen LogP contribution in [-0.4, -0.2) is 24.2 Å². The minimum atomic E-state index is 0.406. The lowest BCUT2D eigenvalue weighted by atomic mass is 10.1. The van der Waals surface area contributed by atoms with E-state index in [2.05, 4.69) is 4.98 Å². The molecule has 0 spiro atoms. The van der Waals surface area contributed by atoms with Crippen molar-refractivity contribution >= 4 is 33.8 Å². The van der Waals surface area contributed by atoms with Crippen molar-refractivity contribution in [2.75, 3.05) is 14.2 Å². The van der Waals surface area contributed by atoms with Crippen molar-refractivity contribution in [3.8, 4) is 28.0 Å². The summed E-state index contributed by atoms with van der Waals surface area (Å²) in [6.45, 7) is 2.36. The Kier molecular flexibility index (Phi) is 5.56. The van der Waals surface area contributed by atoms with E-state index in [1.54, 1.807) is 14.2 Å². The van der Waals surface area contributed by atoms with Gasteiger partial charge in [0.1, 0.15) is 39.6 Å². The van der Waals surface area contributed by atoms with Crippen molar-refractivity contribution in [2.24, 2.45) is 0 Å². The topological polar surface area (TPSA) is 53.5 Å². The van der Waals surface area contributed by atoms with E-state index in [0.717, 1.165) is 33.1 Å². The Bertz CT molecular complexity index is 1160. The van der Waals surface area contributed by atoms with Crippen LogP contribution >= 0.6 is 22.9 Å². The highest BCUT2D eigenvalue weighted by Crippen LogP contribution is 2.38. The Morgan fingerprint density at radius 1 is 0.966 bits per heavy atom. The molecule has 2 aromatic heterocycles. The molecule has 0 aliphatic heterocycles. The van der Waals surface area contributed by atoms with Crippen LogP contribution in [0.4, 0.5) is 0 Å². The van der Waals surface area contributed by atoms with Crippen molar-refractivity contribution in [3.63, 3.8) is 0 Å². The number of nitrogens with zero attached hydrogens (tertiary/aromatic N) is 2. The molecular weight excluding hydrogens is 408 g/mol. The Labute approximate surface area is 177 Å². The van der Waals surface area contributed by atoms with E-state index in [1.807, 2.05) is 54.8 Å². The number of ether oxygens (including phenoxy) is 3. The molecule has 5 nitrogen and oxygen atoms in total. The molecule has 29 heavy (non-hydrogen) atoms. The summed E-state index contributed by atoms with van der Waals surface area (Å²) in [5.74, 6) is 2.07. The van der Waals surface area contributed by atoms with E-state index in [0.29, 0.717) is 28.6 Å². The molecule has 0 bridgehead atoms. The first-order valence-corrected chi connectivity index (χ1v) is 10.2. The Balaban J connectivity index is 1.76. The van der Waals surface area contributed by atoms with Gasteiger partial charge in [0.25, 0.3) is 0 Å². The Morgan fingerprint density at radius 3 is 2.41 bits per heavy atom. The fraction of sp³-hybridized carbons (Fsp3) is 0.182. The van der Waals surface area contributed by atoms with Gasteiger partial charge in [0, 0.05) is 22.5 Å². The SMILES string of the molecule is COc1ccc(COc2cc(-c3nc(C)cs3)nc3c(Cl)c(OC)ccc23)cc1. The lowest BCUT2D eigenvalue weighted by molar-refractivity contribution is 0.309. The van der Waals surface area contributed by atoms with Gasteiger partial charge in [0.15, 0.2) is 0 Å². The molecule has 2 heterocycles. The molecule has 2 aromatic carbocycles. The highest BCUT2D eigenvalue weighted by atomic mass is 35.5. The highest BCUT2D eigenvalue weighted by Gasteiger charge is 2.16. The van der Waals surface area contributed by atoms with Gasteiger partial charge in [-0.05, 0) is 36.8 Å². The van der Waals surface area contributed by atoms with Gasteiger partial charge in [-0.25, -0.2) is 9.97 Å². The number of rotatable bonds is 6. The average Bonchev–Trinajstić information content (AvgIpc) is 3.19. The number of methoxy groups -OCH3 is 2. The number of fused-ring (bicyclic) bond motifs is 1. The van der Waals surface area contributed by atoms with Crippen molar-refractivity contribution in [1.82, 2.24) is 9.97 Å². The summed E-state index contributed by atoms with van der Waals surface area (Å²) >= 11 is 8.09. The highest BCUT2D eigenvalue weighted by molar-refractivity contribution is 7.13. The maximum Gasteiger partial charge on any atom is 0.142 e. The van der Waals surface area contributed by atoms with Crippen LogP contribution in [0.15, 0.2) is 47.8 Å². The van der Waals surface area contributed by atoms with Crippen molar-refractivity contribution in [1.29, 1.82) is 0 Å². The second-order valence-corrected chi connectivity index (χ2v) is 7.65. The first-order chi connectivity index (χ1) is 14.1. The number of halogens is 1. The van der Waals surface area contributed by atoms with Gasteiger partial charge in [0.05, 0.1) is 19.7 Å². The van der Waals surface area contributed by atoms with Gasteiger partial charge < -0.3 is 14.2 Å². The fourth-order valence-electron chi connectivity index (χ4n) is 2.95. The van der Waals surface area contributed by atoms with Crippen molar-refractivity contribution in [3.05, 3.63) is 64.1 Å². The predicted octanol–water partition coefficient (Wildman–Crippen LogP) is 5.92. The smallest absolute Gasteiger partial charge is 0.142 e. The number of hydrogen-bond donors (Lipinski definition) is 0. The lowest BCUT2D eigenvalue weighted by Gasteiger charge is -2.13. The van der Waals surface area contributed by atoms with Crippen LogP contribution in [0, 0.1) is 6.92 Å². The van der Waals surface area contributed by atoms with E-state index in [4.69, 9.17) is 30.8 Å². The van der Waals surface area contributed by atoms with Gasteiger partial charge >= 0.3 is 0 Å². The summed E-state index contributed by atoms with van der Waals surface area (Å²) in [6.07, 6.45) is 0. The third-order valence-corrected chi connectivity index (χ3v) is 5.81. The summed E-state index contributed by atoms with van der Waals surface area (Å²) in [5.41, 5.74) is 3.32. The minimum Gasteiger partial charge on any atom is -0.497 e. The monoisotopic (exact) mass is 426 g/mol. The number of benzene rings is 2. The molecule has 0 fully saturated rings. The number of aromatic nitrogens is 2. The second kappa shape index (κ2) is 8.27. The second-order valence-electron chi connectivity index (χ2n) is 6.41. The molecular formula is C22H19ClN2O3S. The number of aryl methyl sites for hydroxylation is 1. The molecule has 0 aliphatic carbocycles. The van der Waals surface area contributed by atoms with Crippen LogP contribution in [0.3, 0.4) is 0 Å². The third kappa shape index (κ3) is 3.99. The molecule has 0 saturated heterocycles. The molecule has 0 N–H and O–H groups in total. The molecule has 0 atom stereocenters. The van der Waals surface area contributed by atoms with Crippen LogP contribution in [-0.2, 0) is 6.61 Å². The van der Waals surface area contributed by atoms with E-state index in [9.17, 15) is 0 Å².